The average Bonchev–Trinajstić information content (AvgIpc) is 2.69. The van der Waals surface area contributed by atoms with Crippen LogP contribution in [0.1, 0.15) is 31.2 Å². The number of para-hydroxylation sites is 1. The molecule has 7 nitrogen and oxygen atoms in total. The summed E-state index contributed by atoms with van der Waals surface area (Å²) in [6.07, 6.45) is -1.81. The number of benzene rings is 1. The lowest BCUT2D eigenvalue weighted by molar-refractivity contribution is -0.275. The van der Waals surface area contributed by atoms with Crippen LogP contribution in [0.4, 0.5) is 13.2 Å². The number of alkyl halides is 3. The molecule has 0 unspecified atom stereocenters. The lowest BCUT2D eigenvalue weighted by Gasteiger charge is -2.29. The molecule has 0 spiro atoms. The summed E-state index contributed by atoms with van der Waals surface area (Å²) in [5.41, 5.74) is 0.412. The van der Waals surface area contributed by atoms with E-state index in [9.17, 15) is 21.6 Å². The molecule has 0 bridgehead atoms. The molecule has 0 saturated heterocycles. The van der Waals surface area contributed by atoms with Gasteiger partial charge in [0.1, 0.15) is 22.8 Å². The molecule has 1 heterocycles. The van der Waals surface area contributed by atoms with Crippen molar-refractivity contribution in [3.8, 4) is 17.7 Å². The zero-order chi connectivity index (χ0) is 21.8. The number of sulfonamides is 1. The summed E-state index contributed by atoms with van der Waals surface area (Å²) >= 11 is 0. The number of hydrogen-bond donors (Lipinski definition) is 1. The standard InChI is InChI=1S/C19H18F3N3O4S/c20-19(21,22)29-16-3-1-2-4-17(16)30(26,27)25-14-6-8-15(9-7-14)28-18-10-5-13(11-23)12-24-18/h1-5,10,12,14-15,25H,6-9H2. The number of rotatable bonds is 6. The van der Waals surface area contributed by atoms with Gasteiger partial charge in [-0.1, -0.05) is 12.1 Å². The van der Waals surface area contributed by atoms with E-state index in [4.69, 9.17) is 10.00 Å². The predicted molar refractivity (Wildman–Crippen MR) is 99.1 cm³/mol. The van der Waals surface area contributed by atoms with Gasteiger partial charge in [0.05, 0.1) is 5.56 Å². The number of pyridine rings is 1. The van der Waals surface area contributed by atoms with E-state index in [1.165, 1.54) is 18.3 Å². The van der Waals surface area contributed by atoms with E-state index in [0.29, 0.717) is 37.1 Å². The first-order chi connectivity index (χ1) is 14.2. The maximum atomic E-state index is 12.6. The monoisotopic (exact) mass is 441 g/mol. The Kier molecular flexibility index (Phi) is 6.48. The van der Waals surface area contributed by atoms with E-state index in [1.807, 2.05) is 6.07 Å². The van der Waals surface area contributed by atoms with E-state index in [1.54, 1.807) is 12.1 Å². The minimum Gasteiger partial charge on any atom is -0.474 e. The van der Waals surface area contributed by atoms with Gasteiger partial charge in [-0.05, 0) is 43.9 Å². The van der Waals surface area contributed by atoms with Crippen LogP contribution in [0.2, 0.25) is 0 Å². The van der Waals surface area contributed by atoms with Crippen LogP contribution in [0.5, 0.6) is 11.6 Å². The second-order valence-corrected chi connectivity index (χ2v) is 8.39. The zero-order valence-electron chi connectivity index (χ0n) is 15.6. The maximum absolute atomic E-state index is 12.6. The molecule has 3 rings (SSSR count). The van der Waals surface area contributed by atoms with Gasteiger partial charge in [0.2, 0.25) is 15.9 Å². The fraction of sp³-hybridized carbons (Fsp3) is 0.368. The summed E-state index contributed by atoms with van der Waals surface area (Å²) in [6, 6.07) is 9.30. The molecule has 1 aromatic heterocycles. The molecule has 11 heteroatoms. The fourth-order valence-corrected chi connectivity index (χ4v) is 4.58. The molecule has 1 N–H and O–H groups in total. The van der Waals surface area contributed by atoms with E-state index in [-0.39, 0.29) is 6.10 Å². The Balaban J connectivity index is 1.60. The summed E-state index contributed by atoms with van der Waals surface area (Å²) in [4.78, 5) is 3.47. The van der Waals surface area contributed by atoms with Crippen LogP contribution < -0.4 is 14.2 Å². The molecule has 0 atom stereocenters. The SMILES string of the molecule is N#Cc1ccc(OC2CCC(NS(=O)(=O)c3ccccc3OC(F)(F)F)CC2)nc1. The summed E-state index contributed by atoms with van der Waals surface area (Å²) in [7, 11) is -4.21. The molecule has 1 aromatic carbocycles. The summed E-state index contributed by atoms with van der Waals surface area (Å²) in [5, 5.41) is 8.78. The van der Waals surface area contributed by atoms with Gasteiger partial charge in [-0.3, -0.25) is 0 Å². The van der Waals surface area contributed by atoms with Crippen molar-refractivity contribution in [3.63, 3.8) is 0 Å². The minimum absolute atomic E-state index is 0.174. The Hall–Kier alpha value is -2.84. The first-order valence-electron chi connectivity index (χ1n) is 9.06. The van der Waals surface area contributed by atoms with Gasteiger partial charge in [-0.2, -0.15) is 5.26 Å². The fourth-order valence-electron chi connectivity index (χ4n) is 3.15. The Morgan fingerprint density at radius 1 is 1.10 bits per heavy atom. The zero-order valence-corrected chi connectivity index (χ0v) is 16.4. The van der Waals surface area contributed by atoms with Gasteiger partial charge in [0.15, 0.2) is 0 Å². The molecule has 1 aliphatic rings. The van der Waals surface area contributed by atoms with Gasteiger partial charge in [0.25, 0.3) is 0 Å². The molecule has 1 aliphatic carbocycles. The van der Waals surface area contributed by atoms with Gasteiger partial charge in [0, 0.05) is 18.3 Å². The van der Waals surface area contributed by atoms with Crippen molar-refractivity contribution in [1.82, 2.24) is 9.71 Å². The quantitative estimate of drug-likeness (QED) is 0.736. The first-order valence-corrected chi connectivity index (χ1v) is 10.5. The third-order valence-electron chi connectivity index (χ3n) is 4.51. The van der Waals surface area contributed by atoms with E-state index < -0.39 is 33.1 Å². The van der Waals surface area contributed by atoms with Crippen molar-refractivity contribution in [2.45, 2.75) is 49.1 Å². The van der Waals surface area contributed by atoms with Gasteiger partial charge < -0.3 is 9.47 Å². The van der Waals surface area contributed by atoms with E-state index in [0.717, 1.165) is 12.1 Å². The molecular weight excluding hydrogens is 423 g/mol. The first kappa shape index (κ1) is 21.9. The van der Waals surface area contributed by atoms with Crippen molar-refractivity contribution in [2.24, 2.45) is 0 Å². The average molecular weight is 441 g/mol. The minimum atomic E-state index is -5.00. The molecule has 30 heavy (non-hydrogen) atoms. The summed E-state index contributed by atoms with van der Waals surface area (Å²) in [6.45, 7) is 0. The van der Waals surface area contributed by atoms with Crippen LogP contribution in [-0.4, -0.2) is 31.9 Å². The highest BCUT2D eigenvalue weighted by Gasteiger charge is 2.35. The van der Waals surface area contributed by atoms with Gasteiger partial charge in [-0.25, -0.2) is 18.1 Å². The number of nitrogens with one attached hydrogen (secondary N) is 1. The predicted octanol–water partition coefficient (Wildman–Crippen LogP) is 3.52. The van der Waals surface area contributed by atoms with E-state index in [2.05, 4.69) is 14.4 Å². The van der Waals surface area contributed by atoms with Crippen LogP contribution in [0.25, 0.3) is 0 Å². The molecule has 0 radical (unpaired) electrons. The molecule has 1 fully saturated rings. The van der Waals surface area contributed by atoms with Crippen LogP contribution >= 0.6 is 0 Å². The highest BCUT2D eigenvalue weighted by molar-refractivity contribution is 7.89. The normalized spacial score (nSPS) is 19.7. The Morgan fingerprint density at radius 3 is 2.40 bits per heavy atom. The number of ether oxygens (including phenoxy) is 2. The van der Waals surface area contributed by atoms with E-state index >= 15 is 0 Å². The lowest BCUT2D eigenvalue weighted by atomic mass is 9.94. The number of aromatic nitrogens is 1. The van der Waals surface area contributed by atoms with Crippen LogP contribution in [0, 0.1) is 11.3 Å². The molecule has 1 saturated carbocycles. The Labute approximate surface area is 171 Å². The molecule has 0 amide bonds. The molecule has 160 valence electrons. The second-order valence-electron chi connectivity index (χ2n) is 6.70. The van der Waals surface area contributed by atoms with Crippen LogP contribution in [0.3, 0.4) is 0 Å². The third-order valence-corrected chi connectivity index (χ3v) is 6.07. The smallest absolute Gasteiger partial charge is 0.474 e. The summed E-state index contributed by atoms with van der Waals surface area (Å²) in [5.74, 6) is -0.405. The largest absolute Gasteiger partial charge is 0.573 e. The van der Waals surface area contributed by atoms with Crippen molar-refractivity contribution in [3.05, 3.63) is 48.2 Å². The second kappa shape index (κ2) is 8.89. The number of nitriles is 1. The summed E-state index contributed by atoms with van der Waals surface area (Å²) < 4.78 is 75.0. The number of nitrogens with zero attached hydrogens (tertiary/aromatic N) is 2. The van der Waals surface area contributed by atoms with Gasteiger partial charge in [-0.15, -0.1) is 13.2 Å². The highest BCUT2D eigenvalue weighted by atomic mass is 32.2. The molecule has 2 aromatic rings. The highest BCUT2D eigenvalue weighted by Crippen LogP contribution is 2.30. The molecule has 0 aliphatic heterocycles. The lowest BCUT2D eigenvalue weighted by Crippen LogP contribution is -2.40. The Morgan fingerprint density at radius 2 is 1.80 bits per heavy atom. The van der Waals surface area contributed by atoms with Gasteiger partial charge >= 0.3 is 6.36 Å². The van der Waals surface area contributed by atoms with Crippen LogP contribution in [-0.2, 0) is 10.0 Å². The van der Waals surface area contributed by atoms with Crippen molar-refractivity contribution >= 4 is 10.0 Å². The third kappa shape index (κ3) is 5.84. The van der Waals surface area contributed by atoms with Crippen molar-refractivity contribution < 1.29 is 31.1 Å². The number of halogens is 3. The molecular formula is C19H18F3N3O4S. The van der Waals surface area contributed by atoms with Crippen molar-refractivity contribution in [2.75, 3.05) is 0 Å². The Bertz CT molecular complexity index is 1010. The number of hydrogen-bond acceptors (Lipinski definition) is 6. The maximum Gasteiger partial charge on any atom is 0.573 e. The topological polar surface area (TPSA) is 101 Å². The van der Waals surface area contributed by atoms with Crippen molar-refractivity contribution in [1.29, 1.82) is 5.26 Å². The van der Waals surface area contributed by atoms with Crippen LogP contribution in [0.15, 0.2) is 47.5 Å².